The maximum atomic E-state index is 4.87. The Morgan fingerprint density at radius 3 is 2.52 bits per heavy atom. The summed E-state index contributed by atoms with van der Waals surface area (Å²) < 4.78 is 0.936. The zero-order valence-electron chi connectivity index (χ0n) is 12.4. The second kappa shape index (κ2) is 6.14. The van der Waals surface area contributed by atoms with Crippen molar-refractivity contribution in [1.82, 2.24) is 9.97 Å². The molecule has 0 amide bonds. The van der Waals surface area contributed by atoms with Gasteiger partial charge in [0.15, 0.2) is 0 Å². The predicted octanol–water partition coefficient (Wildman–Crippen LogP) is 4.85. The molecule has 0 radical (unpaired) electrons. The Kier molecular flexibility index (Phi) is 4.24. The van der Waals surface area contributed by atoms with Crippen molar-refractivity contribution in [3.05, 3.63) is 40.6 Å². The van der Waals surface area contributed by atoms with E-state index in [0.29, 0.717) is 5.92 Å². The van der Waals surface area contributed by atoms with Crippen molar-refractivity contribution >= 4 is 21.7 Å². The second-order valence-electron chi connectivity index (χ2n) is 5.82. The van der Waals surface area contributed by atoms with Gasteiger partial charge < -0.3 is 5.32 Å². The number of nitrogens with zero attached hydrogens (tertiary/aromatic N) is 2. The van der Waals surface area contributed by atoms with E-state index in [1.165, 1.54) is 19.3 Å². The van der Waals surface area contributed by atoms with Crippen molar-refractivity contribution in [3.8, 4) is 11.3 Å². The highest BCUT2D eigenvalue weighted by Crippen LogP contribution is 2.39. The molecule has 3 rings (SSSR count). The fraction of sp³-hybridized carbons (Fsp3) is 0.412. The number of hydrogen-bond acceptors (Lipinski definition) is 3. The van der Waals surface area contributed by atoms with Crippen LogP contribution in [0.15, 0.2) is 34.8 Å². The molecule has 0 spiro atoms. The first kappa shape index (κ1) is 14.5. The van der Waals surface area contributed by atoms with Gasteiger partial charge in [0, 0.05) is 18.5 Å². The van der Waals surface area contributed by atoms with Gasteiger partial charge in [-0.05, 0) is 41.1 Å². The van der Waals surface area contributed by atoms with Crippen molar-refractivity contribution in [3.63, 3.8) is 0 Å². The van der Waals surface area contributed by atoms with Gasteiger partial charge in [0.2, 0.25) is 0 Å². The van der Waals surface area contributed by atoms with Crippen molar-refractivity contribution < 1.29 is 0 Å². The summed E-state index contributed by atoms with van der Waals surface area (Å²) in [5.41, 5.74) is 2.10. The Hall–Kier alpha value is -1.42. The average molecular weight is 346 g/mol. The van der Waals surface area contributed by atoms with E-state index in [9.17, 15) is 0 Å². The summed E-state index contributed by atoms with van der Waals surface area (Å²) in [5.74, 6) is 3.12. The molecule has 4 heteroatoms. The van der Waals surface area contributed by atoms with E-state index in [4.69, 9.17) is 9.97 Å². The third-order valence-electron chi connectivity index (χ3n) is 4.21. The first-order valence-electron chi connectivity index (χ1n) is 7.49. The highest BCUT2D eigenvalue weighted by Gasteiger charge is 2.26. The topological polar surface area (TPSA) is 37.8 Å². The van der Waals surface area contributed by atoms with Crippen molar-refractivity contribution in [2.24, 2.45) is 5.92 Å². The van der Waals surface area contributed by atoms with Crippen LogP contribution in [0.25, 0.3) is 11.3 Å². The zero-order valence-corrected chi connectivity index (χ0v) is 14.0. The van der Waals surface area contributed by atoms with Crippen LogP contribution in [0, 0.1) is 5.92 Å². The lowest BCUT2D eigenvalue weighted by molar-refractivity contribution is 0.585. The monoisotopic (exact) mass is 345 g/mol. The van der Waals surface area contributed by atoms with Crippen LogP contribution in [-0.4, -0.2) is 17.0 Å². The molecular weight excluding hydrogens is 326 g/mol. The molecule has 110 valence electrons. The molecule has 1 aromatic heterocycles. The summed E-state index contributed by atoms with van der Waals surface area (Å²) in [7, 11) is 1.91. The fourth-order valence-corrected chi connectivity index (χ4v) is 3.65. The number of hydrogen-bond donors (Lipinski definition) is 1. The van der Waals surface area contributed by atoms with E-state index in [-0.39, 0.29) is 0 Å². The number of nitrogens with one attached hydrogen (secondary N) is 1. The van der Waals surface area contributed by atoms with Crippen LogP contribution < -0.4 is 5.32 Å². The Bertz CT molecular complexity index is 627. The minimum atomic E-state index is 0.489. The van der Waals surface area contributed by atoms with E-state index in [0.717, 1.165) is 33.3 Å². The molecular formula is C17H20BrN3. The third-order valence-corrected chi connectivity index (χ3v) is 4.96. The van der Waals surface area contributed by atoms with Crippen LogP contribution in [0.4, 0.5) is 5.82 Å². The normalized spacial score (nSPS) is 21.5. The number of aromatic nitrogens is 2. The molecule has 2 aromatic rings. The maximum absolute atomic E-state index is 4.87. The summed E-state index contributed by atoms with van der Waals surface area (Å²) in [4.78, 5) is 9.59. The Morgan fingerprint density at radius 2 is 1.90 bits per heavy atom. The lowest BCUT2D eigenvalue weighted by Gasteiger charge is -2.14. The van der Waals surface area contributed by atoms with E-state index < -0.39 is 0 Å². The third kappa shape index (κ3) is 2.95. The maximum Gasteiger partial charge on any atom is 0.144 e. The average Bonchev–Trinajstić information content (AvgIpc) is 2.95. The molecule has 2 atom stereocenters. The number of halogens is 1. The van der Waals surface area contributed by atoms with Crippen LogP contribution in [0.5, 0.6) is 0 Å². The van der Waals surface area contributed by atoms with E-state index in [1.54, 1.807) is 0 Å². The summed E-state index contributed by atoms with van der Waals surface area (Å²) in [6, 6.07) is 10.3. The summed E-state index contributed by atoms with van der Waals surface area (Å²) in [5, 5.41) is 3.18. The Morgan fingerprint density at radius 1 is 1.14 bits per heavy atom. The standard InChI is InChI=1S/C17H20BrN3/c1-11-8-9-13(10-11)16-20-15(12-6-4-3-5-7-12)14(18)17(19-2)21-16/h3-7,11,13H,8-10H2,1-2H3,(H,19,20,21). The molecule has 21 heavy (non-hydrogen) atoms. The molecule has 2 unspecified atom stereocenters. The highest BCUT2D eigenvalue weighted by atomic mass is 79.9. The van der Waals surface area contributed by atoms with Gasteiger partial charge >= 0.3 is 0 Å². The molecule has 1 N–H and O–H groups in total. The largest absolute Gasteiger partial charge is 0.372 e. The number of rotatable bonds is 3. The van der Waals surface area contributed by atoms with Crippen LogP contribution in [-0.2, 0) is 0 Å². The van der Waals surface area contributed by atoms with Gasteiger partial charge in [-0.3, -0.25) is 0 Å². The van der Waals surface area contributed by atoms with E-state index in [1.807, 2.05) is 25.2 Å². The van der Waals surface area contributed by atoms with Crippen molar-refractivity contribution in [2.75, 3.05) is 12.4 Å². The SMILES string of the molecule is CNc1nc(C2CCC(C)C2)nc(-c2ccccc2)c1Br. The Labute approximate surface area is 134 Å². The molecule has 0 aliphatic heterocycles. The molecule has 0 saturated heterocycles. The van der Waals surface area contributed by atoms with Crippen LogP contribution in [0.2, 0.25) is 0 Å². The number of benzene rings is 1. The van der Waals surface area contributed by atoms with E-state index >= 15 is 0 Å². The Balaban J connectivity index is 2.07. The molecule has 1 aliphatic rings. The van der Waals surface area contributed by atoms with Crippen LogP contribution >= 0.6 is 15.9 Å². The van der Waals surface area contributed by atoms with Gasteiger partial charge in [-0.25, -0.2) is 9.97 Å². The number of anilines is 1. The summed E-state index contributed by atoms with van der Waals surface area (Å²) in [6.07, 6.45) is 3.67. The summed E-state index contributed by atoms with van der Waals surface area (Å²) in [6.45, 7) is 2.32. The summed E-state index contributed by atoms with van der Waals surface area (Å²) >= 11 is 3.65. The zero-order chi connectivity index (χ0) is 14.8. The van der Waals surface area contributed by atoms with Crippen LogP contribution in [0.1, 0.15) is 37.9 Å². The minimum Gasteiger partial charge on any atom is -0.372 e. The molecule has 0 bridgehead atoms. The molecule has 1 heterocycles. The smallest absolute Gasteiger partial charge is 0.144 e. The molecule has 1 aromatic carbocycles. The predicted molar refractivity (Wildman–Crippen MR) is 90.5 cm³/mol. The lowest BCUT2D eigenvalue weighted by atomic mass is 10.0. The quantitative estimate of drug-likeness (QED) is 0.863. The van der Waals surface area contributed by atoms with Crippen molar-refractivity contribution in [1.29, 1.82) is 0 Å². The van der Waals surface area contributed by atoms with Gasteiger partial charge in [0.05, 0.1) is 10.2 Å². The van der Waals surface area contributed by atoms with Gasteiger partial charge in [-0.2, -0.15) is 0 Å². The molecule has 1 aliphatic carbocycles. The molecule has 1 fully saturated rings. The molecule has 1 saturated carbocycles. The van der Waals surface area contributed by atoms with Gasteiger partial charge in [0.25, 0.3) is 0 Å². The van der Waals surface area contributed by atoms with Crippen molar-refractivity contribution in [2.45, 2.75) is 32.1 Å². The highest BCUT2D eigenvalue weighted by molar-refractivity contribution is 9.10. The fourth-order valence-electron chi connectivity index (χ4n) is 3.04. The van der Waals surface area contributed by atoms with Gasteiger partial charge in [-0.1, -0.05) is 37.3 Å². The molecule has 3 nitrogen and oxygen atoms in total. The van der Waals surface area contributed by atoms with Gasteiger partial charge in [0.1, 0.15) is 11.6 Å². The first-order valence-corrected chi connectivity index (χ1v) is 8.29. The minimum absolute atomic E-state index is 0.489. The van der Waals surface area contributed by atoms with E-state index in [2.05, 4.69) is 40.3 Å². The second-order valence-corrected chi connectivity index (χ2v) is 6.62. The first-order chi connectivity index (χ1) is 10.2. The van der Waals surface area contributed by atoms with Crippen LogP contribution in [0.3, 0.4) is 0 Å². The lowest BCUT2D eigenvalue weighted by Crippen LogP contribution is -2.07. The van der Waals surface area contributed by atoms with Gasteiger partial charge in [-0.15, -0.1) is 0 Å².